The molecule has 0 aliphatic carbocycles. The smallest absolute Gasteiger partial charge is 0.264 e. The molecule has 0 unspecified atom stereocenters. The third-order valence-electron chi connectivity index (χ3n) is 4.00. The van der Waals surface area contributed by atoms with Crippen LogP contribution in [0.15, 0.2) is 83.8 Å². The Hall–Kier alpha value is -2.83. The number of amides is 1. The predicted molar refractivity (Wildman–Crippen MR) is 108 cm³/mol. The fraction of sp³-hybridized carbons (Fsp3) is 0.0500. The van der Waals surface area contributed by atoms with Crippen molar-refractivity contribution in [3.05, 3.63) is 89.4 Å². The Balaban J connectivity index is 1.87. The SMILES string of the molecule is CN(c1cccc(C(=O)Nc2ccccc2Cl)c1)S(=O)(=O)c1ccccc1. The molecule has 0 spiro atoms. The first-order valence-corrected chi connectivity index (χ1v) is 9.91. The van der Waals surface area contributed by atoms with E-state index in [1.165, 1.54) is 25.2 Å². The molecule has 0 saturated heterocycles. The van der Waals surface area contributed by atoms with Crippen LogP contribution in [-0.2, 0) is 10.0 Å². The first-order chi connectivity index (χ1) is 12.9. The van der Waals surface area contributed by atoms with Gasteiger partial charge in [0.1, 0.15) is 0 Å². The molecule has 0 bridgehead atoms. The topological polar surface area (TPSA) is 66.5 Å². The molecule has 0 aliphatic rings. The van der Waals surface area contributed by atoms with E-state index in [4.69, 9.17) is 11.6 Å². The second-order valence-corrected chi connectivity index (χ2v) is 8.15. The summed E-state index contributed by atoms with van der Waals surface area (Å²) in [5, 5.41) is 3.15. The van der Waals surface area contributed by atoms with Crippen molar-refractivity contribution in [2.75, 3.05) is 16.7 Å². The number of hydrogen-bond donors (Lipinski definition) is 1. The average molecular weight is 401 g/mol. The zero-order chi connectivity index (χ0) is 19.4. The van der Waals surface area contributed by atoms with Crippen molar-refractivity contribution in [2.24, 2.45) is 0 Å². The summed E-state index contributed by atoms with van der Waals surface area (Å²) in [7, 11) is -2.27. The molecule has 0 saturated carbocycles. The van der Waals surface area contributed by atoms with E-state index < -0.39 is 10.0 Å². The summed E-state index contributed by atoms with van der Waals surface area (Å²) in [6, 6.07) is 21.4. The second-order valence-electron chi connectivity index (χ2n) is 5.77. The van der Waals surface area contributed by atoms with E-state index in [1.807, 2.05) is 0 Å². The first kappa shape index (κ1) is 18.9. The van der Waals surface area contributed by atoms with Crippen molar-refractivity contribution < 1.29 is 13.2 Å². The number of halogens is 1. The molecule has 138 valence electrons. The maximum Gasteiger partial charge on any atom is 0.264 e. The van der Waals surface area contributed by atoms with Gasteiger partial charge in [-0.3, -0.25) is 9.10 Å². The number of nitrogens with zero attached hydrogens (tertiary/aromatic N) is 1. The van der Waals surface area contributed by atoms with E-state index >= 15 is 0 Å². The van der Waals surface area contributed by atoms with Gasteiger partial charge in [0, 0.05) is 12.6 Å². The molecule has 3 aromatic carbocycles. The van der Waals surface area contributed by atoms with E-state index in [9.17, 15) is 13.2 Å². The fourth-order valence-electron chi connectivity index (χ4n) is 2.49. The summed E-state index contributed by atoms with van der Waals surface area (Å²) >= 11 is 6.06. The monoisotopic (exact) mass is 400 g/mol. The summed E-state index contributed by atoms with van der Waals surface area (Å²) in [6.07, 6.45) is 0. The lowest BCUT2D eigenvalue weighted by molar-refractivity contribution is 0.102. The van der Waals surface area contributed by atoms with Gasteiger partial charge in [0.15, 0.2) is 0 Å². The van der Waals surface area contributed by atoms with Crippen molar-refractivity contribution in [3.63, 3.8) is 0 Å². The van der Waals surface area contributed by atoms with Gasteiger partial charge in [-0.1, -0.05) is 48.0 Å². The molecule has 3 aromatic rings. The van der Waals surface area contributed by atoms with Gasteiger partial charge in [0.2, 0.25) is 0 Å². The molecule has 3 rings (SSSR count). The molecular weight excluding hydrogens is 384 g/mol. The van der Waals surface area contributed by atoms with Crippen LogP contribution in [0, 0.1) is 0 Å². The molecule has 0 heterocycles. The van der Waals surface area contributed by atoms with Gasteiger partial charge in [-0.05, 0) is 42.5 Å². The lowest BCUT2D eigenvalue weighted by atomic mass is 10.2. The zero-order valence-electron chi connectivity index (χ0n) is 14.5. The van der Waals surface area contributed by atoms with Crippen LogP contribution in [0.5, 0.6) is 0 Å². The van der Waals surface area contributed by atoms with Crippen LogP contribution < -0.4 is 9.62 Å². The van der Waals surface area contributed by atoms with Gasteiger partial charge in [-0.15, -0.1) is 0 Å². The van der Waals surface area contributed by atoms with Crippen LogP contribution in [-0.4, -0.2) is 21.4 Å². The molecular formula is C20H17ClN2O3S. The minimum atomic E-state index is -3.72. The number of rotatable bonds is 5. The normalized spacial score (nSPS) is 11.0. The molecule has 7 heteroatoms. The van der Waals surface area contributed by atoms with Gasteiger partial charge in [-0.2, -0.15) is 0 Å². The number of carbonyl (C=O) groups is 1. The molecule has 0 aromatic heterocycles. The Labute approximate surface area is 163 Å². The minimum absolute atomic E-state index is 0.179. The summed E-state index contributed by atoms with van der Waals surface area (Å²) in [4.78, 5) is 12.7. The number of para-hydroxylation sites is 1. The summed E-state index contributed by atoms with van der Waals surface area (Å²) < 4.78 is 26.7. The molecule has 27 heavy (non-hydrogen) atoms. The van der Waals surface area contributed by atoms with Crippen LogP contribution in [0.1, 0.15) is 10.4 Å². The van der Waals surface area contributed by atoms with Crippen LogP contribution in [0.3, 0.4) is 0 Å². The van der Waals surface area contributed by atoms with Crippen molar-refractivity contribution in [2.45, 2.75) is 4.90 Å². The number of sulfonamides is 1. The standard InChI is InChI=1S/C20H17ClN2O3S/c1-23(27(25,26)17-10-3-2-4-11-17)16-9-7-8-15(14-16)20(24)22-19-13-6-5-12-18(19)21/h2-14H,1H3,(H,22,24). The number of carbonyl (C=O) groups excluding carboxylic acids is 1. The molecule has 0 fully saturated rings. The number of nitrogens with one attached hydrogen (secondary N) is 1. The largest absolute Gasteiger partial charge is 0.321 e. The quantitative estimate of drug-likeness (QED) is 0.689. The van der Waals surface area contributed by atoms with Gasteiger partial charge in [-0.25, -0.2) is 8.42 Å². The lowest BCUT2D eigenvalue weighted by Gasteiger charge is -2.20. The lowest BCUT2D eigenvalue weighted by Crippen LogP contribution is -2.26. The highest BCUT2D eigenvalue weighted by atomic mass is 35.5. The van der Waals surface area contributed by atoms with Crippen molar-refractivity contribution in [1.29, 1.82) is 0 Å². The van der Waals surface area contributed by atoms with E-state index in [0.717, 1.165) is 4.31 Å². The summed E-state index contributed by atoms with van der Waals surface area (Å²) in [5.41, 5.74) is 1.19. The first-order valence-electron chi connectivity index (χ1n) is 8.09. The van der Waals surface area contributed by atoms with Crippen LogP contribution in [0.25, 0.3) is 0 Å². The maximum absolute atomic E-state index is 12.8. The maximum atomic E-state index is 12.8. The van der Waals surface area contributed by atoms with Crippen LogP contribution in [0.2, 0.25) is 5.02 Å². The summed E-state index contributed by atoms with van der Waals surface area (Å²) in [6.45, 7) is 0. The van der Waals surface area contributed by atoms with Crippen LogP contribution in [0.4, 0.5) is 11.4 Å². The molecule has 0 aliphatic heterocycles. The zero-order valence-corrected chi connectivity index (χ0v) is 16.0. The molecule has 1 N–H and O–H groups in total. The highest BCUT2D eigenvalue weighted by molar-refractivity contribution is 7.92. The Morgan fingerprint density at radius 3 is 2.30 bits per heavy atom. The average Bonchev–Trinajstić information content (AvgIpc) is 2.70. The molecule has 0 radical (unpaired) electrons. The van der Waals surface area contributed by atoms with Gasteiger partial charge in [0.05, 0.1) is 21.3 Å². The van der Waals surface area contributed by atoms with E-state index in [-0.39, 0.29) is 10.8 Å². The van der Waals surface area contributed by atoms with Crippen molar-refractivity contribution in [3.8, 4) is 0 Å². The highest BCUT2D eigenvalue weighted by Gasteiger charge is 2.21. The Kier molecular flexibility index (Phi) is 5.48. The number of hydrogen-bond acceptors (Lipinski definition) is 3. The highest BCUT2D eigenvalue weighted by Crippen LogP contribution is 2.24. The number of anilines is 2. The Morgan fingerprint density at radius 1 is 0.926 bits per heavy atom. The number of benzene rings is 3. The van der Waals surface area contributed by atoms with Crippen molar-refractivity contribution in [1.82, 2.24) is 0 Å². The van der Waals surface area contributed by atoms with Gasteiger partial charge in [0.25, 0.3) is 15.9 Å². The van der Waals surface area contributed by atoms with Gasteiger partial charge < -0.3 is 5.32 Å². The van der Waals surface area contributed by atoms with E-state index in [2.05, 4.69) is 5.32 Å². The molecule has 0 atom stereocenters. The van der Waals surface area contributed by atoms with Gasteiger partial charge >= 0.3 is 0 Å². The molecule has 1 amide bonds. The van der Waals surface area contributed by atoms with Crippen LogP contribution >= 0.6 is 11.6 Å². The van der Waals surface area contributed by atoms with E-state index in [0.29, 0.717) is 22.0 Å². The van der Waals surface area contributed by atoms with Crippen molar-refractivity contribution >= 4 is 38.9 Å². The predicted octanol–water partition coefficient (Wildman–Crippen LogP) is 4.42. The summed E-state index contributed by atoms with van der Waals surface area (Å²) in [5.74, 6) is -0.379. The van der Waals surface area contributed by atoms with E-state index in [1.54, 1.807) is 60.7 Å². The fourth-order valence-corrected chi connectivity index (χ4v) is 3.88. The third-order valence-corrected chi connectivity index (χ3v) is 6.12. The second kappa shape index (κ2) is 7.82. The Morgan fingerprint density at radius 2 is 1.59 bits per heavy atom. The Bertz CT molecular complexity index is 1070. The minimum Gasteiger partial charge on any atom is -0.321 e. The molecule has 5 nitrogen and oxygen atoms in total. The third kappa shape index (κ3) is 4.13.